The van der Waals surface area contributed by atoms with Gasteiger partial charge in [0, 0.05) is 36.8 Å². The first kappa shape index (κ1) is 19.5. The number of aryl methyl sites for hydroxylation is 1. The molecule has 1 saturated heterocycles. The van der Waals surface area contributed by atoms with Gasteiger partial charge in [-0.3, -0.25) is 4.79 Å². The Kier molecular flexibility index (Phi) is 5.66. The van der Waals surface area contributed by atoms with Gasteiger partial charge >= 0.3 is 0 Å². The van der Waals surface area contributed by atoms with Gasteiger partial charge in [0.25, 0.3) is 5.91 Å². The predicted octanol–water partition coefficient (Wildman–Crippen LogP) is 3.82. The number of anilines is 2. The van der Waals surface area contributed by atoms with Crippen molar-refractivity contribution >= 4 is 17.5 Å². The average molecular weight is 398 g/mol. The SMILES string of the molecule is Cc1nc(Nc2cc(C#N)ccn2)cc(C2CCCN(C(=O)c3ccccc3)C2)n1. The second kappa shape index (κ2) is 8.70. The normalized spacial score (nSPS) is 16.0. The van der Waals surface area contributed by atoms with Gasteiger partial charge in [-0.2, -0.15) is 5.26 Å². The zero-order valence-electron chi connectivity index (χ0n) is 16.7. The van der Waals surface area contributed by atoms with Crippen LogP contribution in [0.3, 0.4) is 0 Å². The molecule has 1 aromatic carbocycles. The fraction of sp³-hybridized carbons (Fsp3) is 0.261. The Morgan fingerprint density at radius 2 is 2.00 bits per heavy atom. The highest BCUT2D eigenvalue weighted by atomic mass is 16.2. The van der Waals surface area contributed by atoms with Crippen molar-refractivity contribution in [2.45, 2.75) is 25.7 Å². The summed E-state index contributed by atoms with van der Waals surface area (Å²) in [4.78, 5) is 28.1. The van der Waals surface area contributed by atoms with E-state index >= 15 is 0 Å². The molecule has 1 aliphatic rings. The van der Waals surface area contributed by atoms with Crippen LogP contribution in [-0.4, -0.2) is 38.8 Å². The predicted molar refractivity (Wildman–Crippen MR) is 113 cm³/mol. The van der Waals surface area contributed by atoms with E-state index in [9.17, 15) is 4.79 Å². The van der Waals surface area contributed by atoms with Crippen LogP contribution in [0, 0.1) is 18.3 Å². The van der Waals surface area contributed by atoms with E-state index in [1.54, 1.807) is 18.3 Å². The second-order valence-electron chi connectivity index (χ2n) is 7.35. The summed E-state index contributed by atoms with van der Waals surface area (Å²) in [6.45, 7) is 3.24. The molecule has 3 aromatic rings. The van der Waals surface area contributed by atoms with Crippen LogP contribution in [0.25, 0.3) is 0 Å². The van der Waals surface area contributed by atoms with Crippen molar-refractivity contribution in [2.75, 3.05) is 18.4 Å². The number of carbonyl (C=O) groups excluding carboxylic acids is 1. The van der Waals surface area contributed by atoms with Gasteiger partial charge in [-0.15, -0.1) is 0 Å². The number of nitrogens with zero attached hydrogens (tertiary/aromatic N) is 5. The Balaban J connectivity index is 1.53. The molecule has 0 radical (unpaired) electrons. The van der Waals surface area contributed by atoms with Crippen molar-refractivity contribution in [3.63, 3.8) is 0 Å². The van der Waals surface area contributed by atoms with Gasteiger partial charge < -0.3 is 10.2 Å². The zero-order chi connectivity index (χ0) is 20.9. The van der Waals surface area contributed by atoms with E-state index in [4.69, 9.17) is 5.26 Å². The summed E-state index contributed by atoms with van der Waals surface area (Å²) in [5.41, 5.74) is 2.15. The lowest BCUT2D eigenvalue weighted by Gasteiger charge is -2.32. The molecule has 0 saturated carbocycles. The third-order valence-corrected chi connectivity index (χ3v) is 5.15. The van der Waals surface area contributed by atoms with E-state index in [0.29, 0.717) is 35.1 Å². The number of carbonyl (C=O) groups is 1. The largest absolute Gasteiger partial charge is 0.338 e. The average Bonchev–Trinajstić information content (AvgIpc) is 2.79. The van der Waals surface area contributed by atoms with Crippen LogP contribution in [0.5, 0.6) is 0 Å². The second-order valence-corrected chi connectivity index (χ2v) is 7.35. The molecule has 2 aromatic heterocycles. The van der Waals surface area contributed by atoms with Gasteiger partial charge in [0.2, 0.25) is 0 Å². The summed E-state index contributed by atoms with van der Waals surface area (Å²) in [5.74, 6) is 2.04. The van der Waals surface area contributed by atoms with Crippen molar-refractivity contribution in [3.8, 4) is 6.07 Å². The first-order chi connectivity index (χ1) is 14.6. The molecule has 3 heterocycles. The number of aromatic nitrogens is 3. The maximum Gasteiger partial charge on any atom is 0.253 e. The van der Waals surface area contributed by atoms with Crippen molar-refractivity contribution in [1.29, 1.82) is 5.26 Å². The maximum absolute atomic E-state index is 12.9. The van der Waals surface area contributed by atoms with Crippen LogP contribution in [-0.2, 0) is 0 Å². The minimum Gasteiger partial charge on any atom is -0.338 e. The summed E-state index contributed by atoms with van der Waals surface area (Å²) in [7, 11) is 0. The Hall–Kier alpha value is -3.79. The van der Waals surface area contributed by atoms with E-state index in [-0.39, 0.29) is 11.8 Å². The molecule has 1 aliphatic heterocycles. The van der Waals surface area contributed by atoms with E-state index in [1.165, 1.54) is 0 Å². The van der Waals surface area contributed by atoms with Crippen LogP contribution >= 0.6 is 0 Å². The molecule has 4 rings (SSSR count). The molecule has 30 heavy (non-hydrogen) atoms. The molecule has 7 nitrogen and oxygen atoms in total. The van der Waals surface area contributed by atoms with Crippen LogP contribution in [0.1, 0.15) is 46.2 Å². The monoisotopic (exact) mass is 398 g/mol. The zero-order valence-corrected chi connectivity index (χ0v) is 16.7. The standard InChI is InChI=1S/C23H22N6O/c1-16-26-20(13-22(27-16)28-21-12-17(14-24)9-10-25-21)19-8-5-11-29(15-19)23(30)18-6-3-2-4-7-18/h2-4,6-7,9-10,12-13,19H,5,8,11,15H2,1H3,(H,25,26,27,28). The summed E-state index contributed by atoms with van der Waals surface area (Å²) in [6.07, 6.45) is 3.49. The number of hydrogen-bond acceptors (Lipinski definition) is 6. The van der Waals surface area contributed by atoms with Crippen LogP contribution in [0.2, 0.25) is 0 Å². The molecule has 1 amide bonds. The number of piperidine rings is 1. The first-order valence-corrected chi connectivity index (χ1v) is 9.95. The van der Waals surface area contributed by atoms with Gasteiger partial charge in [-0.25, -0.2) is 15.0 Å². The molecule has 0 spiro atoms. The maximum atomic E-state index is 12.9. The van der Waals surface area contributed by atoms with Crippen molar-refractivity contribution < 1.29 is 4.79 Å². The molecular formula is C23H22N6O. The van der Waals surface area contributed by atoms with Crippen LogP contribution in [0.15, 0.2) is 54.7 Å². The van der Waals surface area contributed by atoms with E-state index in [1.807, 2.05) is 48.2 Å². The molecule has 7 heteroatoms. The molecular weight excluding hydrogens is 376 g/mol. The molecule has 1 atom stereocenters. The molecule has 0 aliphatic carbocycles. The summed E-state index contributed by atoms with van der Waals surface area (Å²) >= 11 is 0. The molecule has 150 valence electrons. The smallest absolute Gasteiger partial charge is 0.253 e. The lowest BCUT2D eigenvalue weighted by Crippen LogP contribution is -2.39. The van der Waals surface area contributed by atoms with Gasteiger partial charge in [-0.05, 0) is 44.0 Å². The molecule has 1 unspecified atom stereocenters. The van der Waals surface area contributed by atoms with Crippen molar-refractivity contribution in [3.05, 3.63) is 77.4 Å². The third-order valence-electron chi connectivity index (χ3n) is 5.15. The lowest BCUT2D eigenvalue weighted by molar-refractivity contribution is 0.0706. The highest BCUT2D eigenvalue weighted by molar-refractivity contribution is 5.94. The molecule has 1 N–H and O–H groups in total. The summed E-state index contributed by atoms with van der Waals surface area (Å²) < 4.78 is 0. The minimum absolute atomic E-state index is 0.0574. The van der Waals surface area contributed by atoms with E-state index in [2.05, 4.69) is 26.3 Å². The number of amides is 1. The Morgan fingerprint density at radius 1 is 1.17 bits per heavy atom. The fourth-order valence-electron chi connectivity index (χ4n) is 3.73. The molecule has 1 fully saturated rings. The van der Waals surface area contributed by atoms with Gasteiger partial charge in [0.05, 0.1) is 17.3 Å². The fourth-order valence-corrected chi connectivity index (χ4v) is 3.73. The third kappa shape index (κ3) is 4.44. The topological polar surface area (TPSA) is 94.8 Å². The quantitative estimate of drug-likeness (QED) is 0.718. The summed E-state index contributed by atoms with van der Waals surface area (Å²) in [6, 6.07) is 16.7. The number of pyridine rings is 1. The van der Waals surface area contributed by atoms with Gasteiger partial charge in [-0.1, -0.05) is 18.2 Å². The number of nitrogens with one attached hydrogen (secondary N) is 1. The Labute approximate surface area is 175 Å². The number of nitriles is 1. The summed E-state index contributed by atoms with van der Waals surface area (Å²) in [5, 5.41) is 12.2. The van der Waals surface area contributed by atoms with Crippen molar-refractivity contribution in [1.82, 2.24) is 19.9 Å². The van der Waals surface area contributed by atoms with Gasteiger partial charge in [0.15, 0.2) is 0 Å². The Bertz CT molecular complexity index is 1090. The number of likely N-dealkylation sites (tertiary alicyclic amines) is 1. The lowest BCUT2D eigenvalue weighted by atomic mass is 9.94. The Morgan fingerprint density at radius 3 is 2.80 bits per heavy atom. The molecule has 0 bridgehead atoms. The highest BCUT2D eigenvalue weighted by Crippen LogP contribution is 2.28. The number of benzene rings is 1. The van der Waals surface area contributed by atoms with E-state index in [0.717, 1.165) is 25.1 Å². The van der Waals surface area contributed by atoms with Crippen LogP contribution in [0.4, 0.5) is 11.6 Å². The van der Waals surface area contributed by atoms with Crippen molar-refractivity contribution in [2.24, 2.45) is 0 Å². The highest BCUT2D eigenvalue weighted by Gasteiger charge is 2.26. The minimum atomic E-state index is 0.0574. The number of rotatable bonds is 4. The number of hydrogen-bond donors (Lipinski definition) is 1. The first-order valence-electron chi connectivity index (χ1n) is 9.95. The van der Waals surface area contributed by atoms with Gasteiger partial charge in [0.1, 0.15) is 17.5 Å². The van der Waals surface area contributed by atoms with E-state index < -0.39 is 0 Å². The van der Waals surface area contributed by atoms with Crippen LogP contribution < -0.4 is 5.32 Å².